The molecule has 1 rings (SSSR count). The van der Waals surface area contributed by atoms with Gasteiger partial charge < -0.3 is 14.6 Å². The lowest BCUT2D eigenvalue weighted by Crippen LogP contribution is -2.21. The molecule has 1 aromatic carbocycles. The van der Waals surface area contributed by atoms with Crippen LogP contribution in [0.15, 0.2) is 48.2 Å². The van der Waals surface area contributed by atoms with Crippen molar-refractivity contribution in [2.24, 2.45) is 5.92 Å². The summed E-state index contributed by atoms with van der Waals surface area (Å²) in [6.45, 7) is 1.86. The van der Waals surface area contributed by atoms with E-state index in [1.165, 1.54) is 7.11 Å². The maximum Gasteiger partial charge on any atom is 0.331 e. The molecule has 20 heavy (non-hydrogen) atoms. The van der Waals surface area contributed by atoms with Crippen molar-refractivity contribution in [2.75, 3.05) is 14.2 Å². The molecule has 4 heteroatoms. The molecule has 0 spiro atoms. The van der Waals surface area contributed by atoms with E-state index in [9.17, 15) is 4.79 Å². The maximum atomic E-state index is 10.7. The van der Waals surface area contributed by atoms with E-state index in [1.807, 2.05) is 49.4 Å². The second-order valence-electron chi connectivity index (χ2n) is 4.35. The summed E-state index contributed by atoms with van der Waals surface area (Å²) < 4.78 is 10.5. The van der Waals surface area contributed by atoms with Gasteiger partial charge in [-0.3, -0.25) is 0 Å². The van der Waals surface area contributed by atoms with Crippen LogP contribution in [-0.4, -0.2) is 31.4 Å². The molecule has 0 radical (unpaired) electrons. The predicted octanol–water partition coefficient (Wildman–Crippen LogP) is 2.97. The van der Waals surface area contributed by atoms with Crippen LogP contribution in [0, 0.1) is 5.92 Å². The normalized spacial score (nSPS) is 15.1. The summed E-state index contributed by atoms with van der Waals surface area (Å²) in [5, 5.41) is 8.81. The average molecular weight is 276 g/mol. The Morgan fingerprint density at radius 1 is 1.25 bits per heavy atom. The van der Waals surface area contributed by atoms with E-state index >= 15 is 0 Å². The van der Waals surface area contributed by atoms with Crippen molar-refractivity contribution in [1.82, 2.24) is 0 Å². The van der Waals surface area contributed by atoms with Crippen LogP contribution in [0.25, 0.3) is 6.08 Å². The number of rotatable bonds is 7. The fourth-order valence-corrected chi connectivity index (χ4v) is 1.88. The zero-order valence-electron chi connectivity index (χ0n) is 11.9. The van der Waals surface area contributed by atoms with E-state index in [1.54, 1.807) is 7.11 Å². The number of carbonyl (C=O) groups is 1. The summed E-state index contributed by atoms with van der Waals surface area (Å²) >= 11 is 0. The van der Waals surface area contributed by atoms with Gasteiger partial charge >= 0.3 is 5.97 Å². The zero-order valence-corrected chi connectivity index (χ0v) is 11.9. The molecular weight excluding hydrogens is 256 g/mol. The van der Waals surface area contributed by atoms with Crippen molar-refractivity contribution in [3.05, 3.63) is 53.8 Å². The lowest BCUT2D eigenvalue weighted by Gasteiger charge is -2.21. The summed E-state index contributed by atoms with van der Waals surface area (Å²) in [5.74, 6) is -0.848. The molecule has 0 aliphatic rings. The molecule has 0 saturated carbocycles. The van der Waals surface area contributed by atoms with Crippen molar-refractivity contribution in [2.45, 2.75) is 13.0 Å². The second kappa shape index (κ2) is 8.17. The number of carboxylic acids is 1. The molecule has 2 atom stereocenters. The molecule has 4 nitrogen and oxygen atoms in total. The molecule has 0 saturated heterocycles. The van der Waals surface area contributed by atoms with Gasteiger partial charge in [-0.05, 0) is 5.56 Å². The maximum absolute atomic E-state index is 10.7. The summed E-state index contributed by atoms with van der Waals surface area (Å²) in [6.07, 6.45) is 4.64. The topological polar surface area (TPSA) is 55.8 Å². The Bertz CT molecular complexity index is 477. The largest absolute Gasteiger partial charge is 0.500 e. The fourth-order valence-electron chi connectivity index (χ4n) is 1.88. The number of methoxy groups -OCH3 is 2. The summed E-state index contributed by atoms with van der Waals surface area (Å²) in [5.41, 5.74) is 1.06. The Labute approximate surface area is 119 Å². The van der Waals surface area contributed by atoms with Crippen molar-refractivity contribution in [1.29, 1.82) is 0 Å². The molecular formula is C16H20O4. The van der Waals surface area contributed by atoms with Crippen molar-refractivity contribution >= 4 is 12.0 Å². The lowest BCUT2D eigenvalue weighted by molar-refractivity contribution is -0.131. The smallest absolute Gasteiger partial charge is 0.331 e. The fraction of sp³-hybridized carbons (Fsp3) is 0.312. The first kappa shape index (κ1) is 16.0. The van der Waals surface area contributed by atoms with E-state index < -0.39 is 5.97 Å². The van der Waals surface area contributed by atoms with Gasteiger partial charge in [-0.1, -0.05) is 49.4 Å². The Balaban J connectivity index is 2.84. The molecule has 1 N–H and O–H groups in total. The molecule has 0 bridgehead atoms. The minimum absolute atomic E-state index is 0.193. The highest BCUT2D eigenvalue weighted by Gasteiger charge is 2.20. The van der Waals surface area contributed by atoms with E-state index in [0.717, 1.165) is 11.6 Å². The second-order valence-corrected chi connectivity index (χ2v) is 4.35. The lowest BCUT2D eigenvalue weighted by atomic mass is 10.0. The Kier molecular flexibility index (Phi) is 6.53. The third-order valence-electron chi connectivity index (χ3n) is 2.99. The summed E-state index contributed by atoms with van der Waals surface area (Å²) in [4.78, 5) is 10.7. The van der Waals surface area contributed by atoms with Gasteiger partial charge in [0.15, 0.2) is 0 Å². The van der Waals surface area contributed by atoms with Gasteiger partial charge in [0, 0.05) is 13.0 Å². The first-order valence-corrected chi connectivity index (χ1v) is 6.33. The molecule has 0 aliphatic carbocycles. The highest BCUT2D eigenvalue weighted by molar-refractivity contribution is 5.80. The van der Waals surface area contributed by atoms with Gasteiger partial charge in [0.05, 0.1) is 19.3 Å². The van der Waals surface area contributed by atoms with Gasteiger partial charge in [-0.15, -0.1) is 0 Å². The SMILES string of the molecule is CO/C(=C/C(=O)O)[C@@H](C)[C@@H](/C=C/c1ccccc1)OC. The Hall–Kier alpha value is -2.07. The Morgan fingerprint density at radius 3 is 2.40 bits per heavy atom. The van der Waals surface area contributed by atoms with E-state index in [-0.39, 0.29) is 12.0 Å². The first-order chi connectivity index (χ1) is 9.58. The molecule has 0 aliphatic heterocycles. The van der Waals surface area contributed by atoms with Gasteiger partial charge in [0.25, 0.3) is 0 Å². The van der Waals surface area contributed by atoms with Crippen LogP contribution in [0.3, 0.4) is 0 Å². The molecule has 1 aromatic rings. The predicted molar refractivity (Wildman–Crippen MR) is 78.2 cm³/mol. The highest BCUT2D eigenvalue weighted by atomic mass is 16.5. The van der Waals surface area contributed by atoms with Crippen molar-refractivity contribution in [3.63, 3.8) is 0 Å². The van der Waals surface area contributed by atoms with Crippen LogP contribution in [0.1, 0.15) is 12.5 Å². The Morgan fingerprint density at radius 2 is 1.90 bits per heavy atom. The van der Waals surface area contributed by atoms with Crippen LogP contribution >= 0.6 is 0 Å². The van der Waals surface area contributed by atoms with Gasteiger partial charge in [0.1, 0.15) is 5.76 Å². The quantitative estimate of drug-likeness (QED) is 0.614. The van der Waals surface area contributed by atoms with E-state index in [4.69, 9.17) is 14.6 Å². The minimum Gasteiger partial charge on any atom is -0.500 e. The number of carboxylic acid groups (broad SMARTS) is 1. The standard InChI is InChI=1S/C16H20O4/c1-12(15(20-3)11-16(17)18)14(19-2)10-9-13-7-5-4-6-8-13/h4-12,14H,1-3H3,(H,17,18)/b10-9+,15-11+/t12-,14+/m0/s1. The molecule has 0 amide bonds. The van der Waals surface area contributed by atoms with Crippen LogP contribution < -0.4 is 0 Å². The van der Waals surface area contributed by atoms with Crippen LogP contribution in [0.5, 0.6) is 0 Å². The first-order valence-electron chi connectivity index (χ1n) is 6.33. The minimum atomic E-state index is -1.03. The number of hydrogen-bond acceptors (Lipinski definition) is 3. The molecule has 0 unspecified atom stereocenters. The molecule has 0 fully saturated rings. The third-order valence-corrected chi connectivity index (χ3v) is 2.99. The third kappa shape index (κ3) is 4.90. The van der Waals surface area contributed by atoms with Crippen molar-refractivity contribution < 1.29 is 19.4 Å². The molecule has 108 valence electrons. The van der Waals surface area contributed by atoms with Gasteiger partial charge in [-0.2, -0.15) is 0 Å². The number of benzene rings is 1. The average Bonchev–Trinajstić information content (AvgIpc) is 2.46. The van der Waals surface area contributed by atoms with Gasteiger partial charge in [0.2, 0.25) is 0 Å². The monoisotopic (exact) mass is 276 g/mol. The summed E-state index contributed by atoms with van der Waals surface area (Å²) in [6, 6.07) is 9.83. The number of aliphatic carboxylic acids is 1. The van der Waals surface area contributed by atoms with Crippen LogP contribution in [0.2, 0.25) is 0 Å². The summed E-state index contributed by atoms with van der Waals surface area (Å²) in [7, 11) is 3.05. The van der Waals surface area contributed by atoms with Gasteiger partial charge in [-0.25, -0.2) is 4.79 Å². The zero-order chi connectivity index (χ0) is 15.0. The molecule has 0 heterocycles. The highest BCUT2D eigenvalue weighted by Crippen LogP contribution is 2.20. The van der Waals surface area contributed by atoms with Crippen LogP contribution in [-0.2, 0) is 14.3 Å². The van der Waals surface area contributed by atoms with Crippen LogP contribution in [0.4, 0.5) is 0 Å². The molecule has 0 aromatic heterocycles. The number of hydrogen-bond donors (Lipinski definition) is 1. The van der Waals surface area contributed by atoms with E-state index in [0.29, 0.717) is 5.76 Å². The van der Waals surface area contributed by atoms with E-state index in [2.05, 4.69) is 0 Å². The van der Waals surface area contributed by atoms with Crippen molar-refractivity contribution in [3.8, 4) is 0 Å². The number of ether oxygens (including phenoxy) is 2.